The Morgan fingerprint density at radius 3 is 2.39 bits per heavy atom. The first-order valence-electron chi connectivity index (χ1n) is 6.57. The zero-order chi connectivity index (χ0) is 17.5. The summed E-state index contributed by atoms with van der Waals surface area (Å²) in [5.74, 6) is -7.65. The van der Waals surface area contributed by atoms with Gasteiger partial charge >= 0.3 is 12.1 Å². The van der Waals surface area contributed by atoms with Gasteiger partial charge in [-0.15, -0.1) is 0 Å². The van der Waals surface area contributed by atoms with Gasteiger partial charge in [-0.25, -0.2) is 4.39 Å². The molecule has 1 N–H and O–H groups in total. The molecule has 126 valence electrons. The number of carboxylic acid groups (broad SMARTS) is 1. The lowest BCUT2D eigenvalue weighted by Gasteiger charge is -2.19. The Balaban J connectivity index is 2.31. The molecule has 0 aliphatic carbocycles. The number of carbonyl (C=O) groups excluding carboxylic acids is 1. The molecule has 0 saturated carbocycles. The lowest BCUT2D eigenvalue weighted by Crippen LogP contribution is -2.34. The average molecular weight is 354 g/mol. The number of carboxylic acids is 1. The molecule has 1 heterocycles. The average Bonchev–Trinajstić information content (AvgIpc) is 2.90. The van der Waals surface area contributed by atoms with Gasteiger partial charge in [0.2, 0.25) is 0 Å². The minimum atomic E-state index is -4.76. The van der Waals surface area contributed by atoms with E-state index >= 15 is 0 Å². The van der Waals surface area contributed by atoms with Gasteiger partial charge in [0.1, 0.15) is 0 Å². The molecule has 0 spiro atoms. The molecule has 1 aliphatic rings. The van der Waals surface area contributed by atoms with Crippen LogP contribution in [-0.2, 0) is 4.79 Å². The predicted molar refractivity (Wildman–Crippen MR) is 72.7 cm³/mol. The Morgan fingerprint density at radius 1 is 1.30 bits per heavy atom. The number of hydrogen-bond acceptors (Lipinski definition) is 2. The molecule has 0 unspecified atom stereocenters. The van der Waals surface area contributed by atoms with Crippen LogP contribution in [0.5, 0.6) is 0 Å². The summed E-state index contributed by atoms with van der Waals surface area (Å²) in [7, 11) is 0. The maximum Gasteiger partial charge on any atom is 0.394 e. The molecule has 9 heteroatoms. The molecule has 2 rings (SSSR count). The number of aliphatic carboxylic acids is 1. The first-order valence-corrected chi connectivity index (χ1v) is 6.95. The monoisotopic (exact) mass is 353 g/mol. The summed E-state index contributed by atoms with van der Waals surface area (Å²) < 4.78 is 52.8. The summed E-state index contributed by atoms with van der Waals surface area (Å²) in [6, 6.07) is 2.49. The maximum atomic E-state index is 14.0. The van der Waals surface area contributed by atoms with E-state index in [9.17, 15) is 27.2 Å². The second-order valence-electron chi connectivity index (χ2n) is 5.36. The van der Waals surface area contributed by atoms with E-state index < -0.39 is 54.4 Å². The van der Waals surface area contributed by atoms with E-state index in [4.69, 9.17) is 16.7 Å². The van der Waals surface area contributed by atoms with Crippen molar-refractivity contribution in [3.05, 3.63) is 34.1 Å². The molecule has 0 bridgehead atoms. The Bertz CT molecular complexity index is 662. The second-order valence-corrected chi connectivity index (χ2v) is 5.74. The van der Waals surface area contributed by atoms with Gasteiger partial charge in [0.05, 0.1) is 22.4 Å². The van der Waals surface area contributed by atoms with Crippen LogP contribution in [0.15, 0.2) is 12.1 Å². The van der Waals surface area contributed by atoms with Crippen LogP contribution in [0.4, 0.5) is 17.6 Å². The van der Waals surface area contributed by atoms with Crippen LogP contribution in [0.1, 0.15) is 15.9 Å². The molecule has 1 saturated heterocycles. The van der Waals surface area contributed by atoms with Gasteiger partial charge in [-0.2, -0.15) is 13.2 Å². The number of amides is 1. The van der Waals surface area contributed by atoms with Gasteiger partial charge in [-0.1, -0.05) is 17.7 Å². The molecule has 1 fully saturated rings. The highest BCUT2D eigenvalue weighted by atomic mass is 35.5. The van der Waals surface area contributed by atoms with Gasteiger partial charge in [-0.3, -0.25) is 9.59 Å². The summed E-state index contributed by atoms with van der Waals surface area (Å²) in [6.45, 7) is 0.0448. The van der Waals surface area contributed by atoms with Crippen molar-refractivity contribution >= 4 is 23.5 Å². The largest absolute Gasteiger partial charge is 0.481 e. The van der Waals surface area contributed by atoms with Gasteiger partial charge in [0.25, 0.3) is 5.91 Å². The van der Waals surface area contributed by atoms with Crippen molar-refractivity contribution in [2.24, 2.45) is 11.8 Å². The Hall–Kier alpha value is -1.83. The fraction of sp³-hybridized carbons (Fsp3) is 0.429. The Labute approximate surface area is 133 Å². The Morgan fingerprint density at radius 2 is 1.91 bits per heavy atom. The van der Waals surface area contributed by atoms with Crippen molar-refractivity contribution in [1.29, 1.82) is 0 Å². The zero-order valence-corrected chi connectivity index (χ0v) is 12.6. The molecule has 1 aromatic rings. The summed E-state index contributed by atoms with van der Waals surface area (Å²) in [4.78, 5) is 23.9. The third-order valence-corrected chi connectivity index (χ3v) is 4.31. The highest BCUT2D eigenvalue weighted by Gasteiger charge is 2.53. The zero-order valence-electron chi connectivity index (χ0n) is 11.8. The first-order chi connectivity index (χ1) is 10.5. The van der Waals surface area contributed by atoms with E-state index in [0.717, 1.165) is 6.07 Å². The van der Waals surface area contributed by atoms with Crippen LogP contribution < -0.4 is 0 Å². The van der Waals surface area contributed by atoms with Crippen LogP contribution in [0.3, 0.4) is 0 Å². The molecular weight excluding hydrogens is 342 g/mol. The SMILES string of the molecule is Cc1ccc(C(=O)N2C[C@@H](C(F)(F)F)[C@H](C(=O)O)C2)c(F)c1Cl. The number of nitrogens with zero attached hydrogens (tertiary/aromatic N) is 1. The van der Waals surface area contributed by atoms with Gasteiger partial charge < -0.3 is 10.0 Å². The lowest BCUT2D eigenvalue weighted by molar-refractivity contribution is -0.187. The smallest absolute Gasteiger partial charge is 0.394 e. The number of halogens is 5. The minimum Gasteiger partial charge on any atom is -0.481 e. The number of benzene rings is 1. The molecule has 0 aromatic heterocycles. The van der Waals surface area contributed by atoms with Crippen molar-refractivity contribution in [3.8, 4) is 0 Å². The molecular formula is C14H12ClF4NO3. The van der Waals surface area contributed by atoms with Crippen molar-refractivity contribution in [2.45, 2.75) is 13.1 Å². The van der Waals surface area contributed by atoms with E-state index in [0.29, 0.717) is 10.5 Å². The van der Waals surface area contributed by atoms with Crippen molar-refractivity contribution < 1.29 is 32.3 Å². The Kier molecular flexibility index (Phi) is 4.57. The lowest BCUT2D eigenvalue weighted by atomic mass is 9.96. The number of alkyl halides is 3. The summed E-state index contributed by atoms with van der Waals surface area (Å²) in [5, 5.41) is 8.62. The summed E-state index contributed by atoms with van der Waals surface area (Å²) in [6.07, 6.45) is -4.76. The van der Waals surface area contributed by atoms with Crippen LogP contribution in [0, 0.1) is 24.6 Å². The minimum absolute atomic E-state index is 0.294. The molecule has 4 nitrogen and oxygen atoms in total. The summed E-state index contributed by atoms with van der Waals surface area (Å²) >= 11 is 5.69. The third-order valence-electron chi connectivity index (χ3n) is 3.85. The number of aryl methyl sites for hydroxylation is 1. The van der Waals surface area contributed by atoms with E-state index in [-0.39, 0.29) is 5.02 Å². The fourth-order valence-electron chi connectivity index (χ4n) is 2.53. The first kappa shape index (κ1) is 17.5. The number of hydrogen-bond donors (Lipinski definition) is 1. The molecule has 1 amide bonds. The van der Waals surface area contributed by atoms with Crippen LogP contribution in [0.2, 0.25) is 5.02 Å². The normalized spacial score (nSPS) is 21.6. The second kappa shape index (κ2) is 5.99. The van der Waals surface area contributed by atoms with E-state index in [1.807, 2.05) is 0 Å². The van der Waals surface area contributed by atoms with Gasteiger partial charge in [0, 0.05) is 13.1 Å². The van der Waals surface area contributed by atoms with Crippen molar-refractivity contribution in [3.63, 3.8) is 0 Å². The molecule has 1 aliphatic heterocycles. The molecule has 0 radical (unpaired) electrons. The maximum absolute atomic E-state index is 14.0. The van der Waals surface area contributed by atoms with Crippen LogP contribution in [0.25, 0.3) is 0 Å². The van der Waals surface area contributed by atoms with Gasteiger partial charge in [0.15, 0.2) is 5.82 Å². The molecule has 2 atom stereocenters. The number of rotatable bonds is 2. The van der Waals surface area contributed by atoms with Crippen molar-refractivity contribution in [1.82, 2.24) is 4.90 Å². The van der Waals surface area contributed by atoms with Crippen LogP contribution in [-0.4, -0.2) is 41.1 Å². The van der Waals surface area contributed by atoms with Crippen molar-refractivity contribution in [2.75, 3.05) is 13.1 Å². The van der Waals surface area contributed by atoms with Gasteiger partial charge in [-0.05, 0) is 18.6 Å². The fourth-order valence-corrected chi connectivity index (χ4v) is 2.70. The standard InChI is InChI=1S/C14H12ClF4NO3/c1-6-2-3-7(11(16)10(6)15)12(21)20-4-8(13(22)23)9(5-20)14(17,18)19/h2-3,8-9H,4-5H2,1H3,(H,22,23)/t8-,9-/m1/s1. The predicted octanol–water partition coefficient (Wildman–Crippen LogP) is 3.12. The molecule has 23 heavy (non-hydrogen) atoms. The van der Waals surface area contributed by atoms with E-state index in [1.165, 1.54) is 13.0 Å². The number of carbonyl (C=O) groups is 2. The highest BCUT2D eigenvalue weighted by molar-refractivity contribution is 6.31. The number of likely N-dealkylation sites (tertiary alicyclic amines) is 1. The molecule has 1 aromatic carbocycles. The topological polar surface area (TPSA) is 57.6 Å². The summed E-state index contributed by atoms with van der Waals surface area (Å²) in [5.41, 5.74) is -0.105. The quantitative estimate of drug-likeness (QED) is 0.831. The van der Waals surface area contributed by atoms with E-state index in [1.54, 1.807) is 0 Å². The van der Waals surface area contributed by atoms with E-state index in [2.05, 4.69) is 0 Å². The third kappa shape index (κ3) is 3.26. The highest BCUT2D eigenvalue weighted by Crippen LogP contribution is 2.38. The van der Waals surface area contributed by atoms with Crippen LogP contribution >= 0.6 is 11.6 Å².